The largest absolute Gasteiger partial charge is 0.463 e. The number of halogens is 2. The molecule has 2 unspecified atom stereocenters. The van der Waals surface area contributed by atoms with E-state index in [1.165, 1.54) is 19.3 Å². The zero-order valence-electron chi connectivity index (χ0n) is 19.1. The van der Waals surface area contributed by atoms with Crippen molar-refractivity contribution in [3.8, 4) is 17.3 Å². The number of pyridine rings is 1. The van der Waals surface area contributed by atoms with Crippen molar-refractivity contribution in [2.75, 3.05) is 24.6 Å². The molecule has 2 atom stereocenters. The van der Waals surface area contributed by atoms with E-state index >= 15 is 4.39 Å². The maximum absolute atomic E-state index is 16.2. The summed E-state index contributed by atoms with van der Waals surface area (Å²) in [4.78, 5) is 16.1. The molecule has 0 radical (unpaired) electrons. The molecule has 1 saturated heterocycles. The van der Waals surface area contributed by atoms with Gasteiger partial charge in [-0.1, -0.05) is 48.9 Å². The maximum atomic E-state index is 16.2. The Morgan fingerprint density at radius 1 is 1.09 bits per heavy atom. The SMILES string of the molecule is CCCOc1nc(N2CC3CCC(C3)C2)c2cnc(-c3cccc4cccc(Cl)c34)c(F)c2n1. The van der Waals surface area contributed by atoms with Crippen molar-refractivity contribution < 1.29 is 9.13 Å². The van der Waals surface area contributed by atoms with Crippen LogP contribution in [0.4, 0.5) is 10.2 Å². The van der Waals surface area contributed by atoms with Gasteiger partial charge in [0.15, 0.2) is 5.82 Å². The van der Waals surface area contributed by atoms with Crippen LogP contribution in [0.1, 0.15) is 32.6 Å². The Labute approximate surface area is 202 Å². The lowest BCUT2D eigenvalue weighted by Gasteiger charge is -2.33. The summed E-state index contributed by atoms with van der Waals surface area (Å²) >= 11 is 6.52. The van der Waals surface area contributed by atoms with Crippen LogP contribution in [0.15, 0.2) is 42.6 Å². The summed E-state index contributed by atoms with van der Waals surface area (Å²) < 4.78 is 22.0. The number of hydrogen-bond acceptors (Lipinski definition) is 5. The average molecular weight is 477 g/mol. The zero-order valence-corrected chi connectivity index (χ0v) is 19.9. The number of aromatic nitrogens is 3. The van der Waals surface area contributed by atoms with Crippen LogP contribution in [0.5, 0.6) is 6.01 Å². The molecule has 2 bridgehead atoms. The fourth-order valence-electron chi connectivity index (χ4n) is 5.58. The molecule has 3 heterocycles. The molecule has 2 aromatic heterocycles. The first-order valence-corrected chi connectivity index (χ1v) is 12.4. The minimum absolute atomic E-state index is 0.217. The van der Waals surface area contributed by atoms with Gasteiger partial charge in [0.25, 0.3) is 0 Å². The van der Waals surface area contributed by atoms with Crippen LogP contribution >= 0.6 is 11.6 Å². The van der Waals surface area contributed by atoms with Gasteiger partial charge in [-0.25, -0.2) is 4.39 Å². The van der Waals surface area contributed by atoms with E-state index in [2.05, 4.69) is 14.9 Å². The zero-order chi connectivity index (χ0) is 23.2. The lowest BCUT2D eigenvalue weighted by molar-refractivity contribution is 0.293. The summed E-state index contributed by atoms with van der Waals surface area (Å²) in [5, 5.41) is 2.90. The molecule has 0 N–H and O–H groups in total. The topological polar surface area (TPSA) is 51.1 Å². The van der Waals surface area contributed by atoms with Gasteiger partial charge in [-0.15, -0.1) is 0 Å². The monoisotopic (exact) mass is 476 g/mol. The maximum Gasteiger partial charge on any atom is 0.319 e. The number of piperidine rings is 1. The lowest BCUT2D eigenvalue weighted by atomic mass is 9.98. The Balaban J connectivity index is 1.54. The van der Waals surface area contributed by atoms with Gasteiger partial charge in [0.2, 0.25) is 0 Å². The minimum atomic E-state index is -0.477. The number of ether oxygens (including phenoxy) is 1. The van der Waals surface area contributed by atoms with E-state index in [0.29, 0.717) is 34.4 Å². The molecule has 0 amide bonds. The molecule has 1 saturated carbocycles. The number of fused-ring (bicyclic) bond motifs is 4. The van der Waals surface area contributed by atoms with Crippen LogP contribution < -0.4 is 9.64 Å². The van der Waals surface area contributed by atoms with Crippen molar-refractivity contribution in [3.05, 3.63) is 53.4 Å². The number of benzene rings is 2. The molecule has 2 aromatic carbocycles. The normalized spacial score (nSPS) is 19.8. The second kappa shape index (κ2) is 8.66. The molecule has 7 heteroatoms. The van der Waals surface area contributed by atoms with Gasteiger partial charge in [-0.05, 0) is 49.0 Å². The fourth-order valence-corrected chi connectivity index (χ4v) is 5.87. The van der Waals surface area contributed by atoms with Gasteiger partial charge in [0.1, 0.15) is 17.0 Å². The molecule has 0 spiro atoms. The second-order valence-corrected chi connectivity index (χ2v) is 9.86. The predicted octanol–water partition coefficient (Wildman–Crippen LogP) is 6.66. The quantitative estimate of drug-likeness (QED) is 0.322. The van der Waals surface area contributed by atoms with Crippen molar-refractivity contribution >= 4 is 39.1 Å². The molecule has 34 heavy (non-hydrogen) atoms. The fraction of sp³-hybridized carbons (Fsp3) is 0.370. The van der Waals surface area contributed by atoms with E-state index in [1.807, 2.05) is 43.3 Å². The third kappa shape index (κ3) is 3.65. The molecule has 1 aliphatic carbocycles. The van der Waals surface area contributed by atoms with Crippen LogP contribution in [0.3, 0.4) is 0 Å². The smallest absolute Gasteiger partial charge is 0.319 e. The average Bonchev–Trinajstić information content (AvgIpc) is 3.20. The number of anilines is 1. The van der Waals surface area contributed by atoms with Crippen molar-refractivity contribution in [2.24, 2.45) is 11.8 Å². The van der Waals surface area contributed by atoms with Crippen LogP contribution in [-0.2, 0) is 0 Å². The van der Waals surface area contributed by atoms with Crippen molar-refractivity contribution in [3.63, 3.8) is 0 Å². The Bertz CT molecular complexity index is 1380. The van der Waals surface area contributed by atoms with Crippen LogP contribution in [-0.4, -0.2) is 34.6 Å². The van der Waals surface area contributed by atoms with E-state index in [9.17, 15) is 0 Å². The third-order valence-electron chi connectivity index (χ3n) is 7.09. The molecule has 1 aliphatic heterocycles. The van der Waals surface area contributed by atoms with Crippen molar-refractivity contribution in [1.29, 1.82) is 0 Å². The summed E-state index contributed by atoms with van der Waals surface area (Å²) in [7, 11) is 0. The first-order chi connectivity index (χ1) is 16.6. The number of hydrogen-bond donors (Lipinski definition) is 0. The van der Waals surface area contributed by atoms with Crippen molar-refractivity contribution in [2.45, 2.75) is 32.6 Å². The number of nitrogens with zero attached hydrogens (tertiary/aromatic N) is 4. The van der Waals surface area contributed by atoms with Gasteiger partial charge in [0.05, 0.1) is 12.0 Å². The Morgan fingerprint density at radius 3 is 2.62 bits per heavy atom. The second-order valence-electron chi connectivity index (χ2n) is 9.45. The highest BCUT2D eigenvalue weighted by molar-refractivity contribution is 6.36. The van der Waals surface area contributed by atoms with Crippen LogP contribution in [0.2, 0.25) is 5.02 Å². The molecule has 2 aliphatic rings. The summed E-state index contributed by atoms with van der Waals surface area (Å²) in [6.07, 6.45) is 6.31. The minimum Gasteiger partial charge on any atom is -0.463 e. The standard InChI is InChI=1S/C27H26ClFN4O/c1-2-11-34-27-31-25-20(26(32-27)33-14-16-9-10-17(12-16)15-33)13-30-24(23(25)29)19-7-3-5-18-6-4-8-21(28)22(18)19/h3-8,13,16-17H,2,9-12,14-15H2,1H3. The summed E-state index contributed by atoms with van der Waals surface area (Å²) in [5.41, 5.74) is 1.12. The molecular formula is C27H26ClFN4O. The van der Waals surface area contributed by atoms with E-state index in [1.54, 1.807) is 6.20 Å². The van der Waals surface area contributed by atoms with E-state index in [0.717, 1.165) is 36.1 Å². The molecule has 4 aromatic rings. The van der Waals surface area contributed by atoms with Gasteiger partial charge in [-0.2, -0.15) is 9.97 Å². The van der Waals surface area contributed by atoms with Gasteiger partial charge in [0, 0.05) is 35.3 Å². The summed E-state index contributed by atoms with van der Waals surface area (Å²) in [6, 6.07) is 11.6. The third-order valence-corrected chi connectivity index (χ3v) is 7.41. The Kier molecular flexibility index (Phi) is 5.48. The molecule has 174 valence electrons. The summed E-state index contributed by atoms with van der Waals surface area (Å²) in [5.74, 6) is 1.58. The van der Waals surface area contributed by atoms with Crippen molar-refractivity contribution in [1.82, 2.24) is 15.0 Å². The summed E-state index contributed by atoms with van der Waals surface area (Å²) in [6.45, 7) is 4.36. The first-order valence-electron chi connectivity index (χ1n) is 12.0. The molecule has 6 rings (SSSR count). The van der Waals surface area contributed by atoms with Gasteiger partial charge in [-0.3, -0.25) is 4.98 Å². The van der Waals surface area contributed by atoms with E-state index in [-0.39, 0.29) is 17.2 Å². The van der Waals surface area contributed by atoms with E-state index < -0.39 is 5.82 Å². The molecular weight excluding hydrogens is 451 g/mol. The van der Waals surface area contributed by atoms with E-state index in [4.69, 9.17) is 21.3 Å². The first kappa shape index (κ1) is 21.5. The lowest BCUT2D eigenvalue weighted by Crippen LogP contribution is -2.37. The Hall–Kier alpha value is -2.99. The van der Waals surface area contributed by atoms with Crippen LogP contribution in [0.25, 0.3) is 32.9 Å². The van der Waals surface area contributed by atoms with Gasteiger partial charge >= 0.3 is 6.01 Å². The number of rotatable bonds is 5. The molecule has 2 fully saturated rings. The molecule has 5 nitrogen and oxygen atoms in total. The highest BCUT2D eigenvalue weighted by Gasteiger charge is 2.34. The highest BCUT2D eigenvalue weighted by Crippen LogP contribution is 2.41. The van der Waals surface area contributed by atoms with Crippen LogP contribution in [0, 0.1) is 17.7 Å². The Morgan fingerprint density at radius 2 is 1.85 bits per heavy atom. The van der Waals surface area contributed by atoms with Gasteiger partial charge < -0.3 is 9.64 Å². The predicted molar refractivity (Wildman–Crippen MR) is 134 cm³/mol. The highest BCUT2D eigenvalue weighted by atomic mass is 35.5.